The van der Waals surface area contributed by atoms with Gasteiger partial charge in [-0.05, 0) is 39.2 Å². The Morgan fingerprint density at radius 1 is 1.40 bits per heavy atom. The normalized spacial score (nSPS) is 28.1. The SMILES string of the molecule is C=C1CCC(C)(OC(=O)N(CC)CC)C(O)(O)C1(F)F. The molecular weight excluding hydrogens is 272 g/mol. The lowest BCUT2D eigenvalue weighted by Crippen LogP contribution is -2.68. The van der Waals surface area contributed by atoms with Gasteiger partial charge >= 0.3 is 12.0 Å². The molecule has 2 N–H and O–H groups in total. The predicted octanol–water partition coefficient (Wildman–Crippen LogP) is 1.89. The van der Waals surface area contributed by atoms with E-state index in [1.807, 2.05) is 0 Å². The molecular formula is C13H21F2NO4. The highest BCUT2D eigenvalue weighted by atomic mass is 19.3. The van der Waals surface area contributed by atoms with E-state index in [1.54, 1.807) is 13.8 Å². The van der Waals surface area contributed by atoms with Crippen molar-refractivity contribution >= 4 is 6.09 Å². The van der Waals surface area contributed by atoms with Crippen LogP contribution in [0.15, 0.2) is 12.2 Å². The summed E-state index contributed by atoms with van der Waals surface area (Å²) in [5.74, 6) is -7.43. The van der Waals surface area contributed by atoms with E-state index in [0.717, 1.165) is 6.92 Å². The summed E-state index contributed by atoms with van der Waals surface area (Å²) in [6, 6.07) is 0. The summed E-state index contributed by atoms with van der Waals surface area (Å²) < 4.78 is 32.8. The zero-order chi connectivity index (χ0) is 15.8. The Labute approximate surface area is 116 Å². The minimum atomic E-state index is -3.94. The van der Waals surface area contributed by atoms with Crippen molar-refractivity contribution in [3.8, 4) is 0 Å². The topological polar surface area (TPSA) is 70.0 Å². The molecule has 1 amide bonds. The molecule has 0 bridgehead atoms. The Kier molecular flexibility index (Phi) is 4.46. The fourth-order valence-corrected chi connectivity index (χ4v) is 2.16. The summed E-state index contributed by atoms with van der Waals surface area (Å²) in [6.45, 7) is 8.32. The van der Waals surface area contributed by atoms with Crippen molar-refractivity contribution in [2.45, 2.75) is 50.9 Å². The van der Waals surface area contributed by atoms with Gasteiger partial charge in [-0.25, -0.2) is 4.79 Å². The molecule has 0 aromatic heterocycles. The Hall–Kier alpha value is -1.21. The van der Waals surface area contributed by atoms with E-state index in [-0.39, 0.29) is 12.8 Å². The van der Waals surface area contributed by atoms with Crippen LogP contribution in [0.4, 0.5) is 13.6 Å². The third-order valence-electron chi connectivity index (χ3n) is 3.86. The molecule has 0 heterocycles. The maximum Gasteiger partial charge on any atom is 0.410 e. The zero-order valence-electron chi connectivity index (χ0n) is 11.9. The Bertz CT molecular complexity index is 407. The third kappa shape index (κ3) is 2.40. The molecule has 1 unspecified atom stereocenters. The lowest BCUT2D eigenvalue weighted by Gasteiger charge is -2.48. The summed E-state index contributed by atoms with van der Waals surface area (Å²) in [5, 5.41) is 19.6. The van der Waals surface area contributed by atoms with Crippen LogP contribution in [0.5, 0.6) is 0 Å². The van der Waals surface area contributed by atoms with Gasteiger partial charge in [0.05, 0.1) is 0 Å². The highest BCUT2D eigenvalue weighted by molar-refractivity contribution is 5.68. The van der Waals surface area contributed by atoms with Gasteiger partial charge < -0.3 is 19.8 Å². The third-order valence-corrected chi connectivity index (χ3v) is 3.86. The number of hydrogen-bond donors (Lipinski definition) is 2. The second-order valence-electron chi connectivity index (χ2n) is 5.12. The van der Waals surface area contributed by atoms with Gasteiger partial charge in [0.25, 0.3) is 5.79 Å². The molecule has 0 aromatic carbocycles. The molecule has 20 heavy (non-hydrogen) atoms. The molecule has 0 spiro atoms. The fraction of sp³-hybridized carbons (Fsp3) is 0.769. The van der Waals surface area contributed by atoms with E-state index in [4.69, 9.17) is 4.74 Å². The summed E-state index contributed by atoms with van der Waals surface area (Å²) in [5.41, 5.74) is -2.68. The van der Waals surface area contributed by atoms with Crippen LogP contribution >= 0.6 is 0 Å². The first-order valence-electron chi connectivity index (χ1n) is 6.52. The Morgan fingerprint density at radius 3 is 2.35 bits per heavy atom. The van der Waals surface area contributed by atoms with Gasteiger partial charge in [-0.15, -0.1) is 0 Å². The minimum Gasteiger partial charge on any atom is -0.437 e. The molecule has 0 aromatic rings. The second kappa shape index (κ2) is 5.29. The van der Waals surface area contributed by atoms with Gasteiger partial charge in [0.1, 0.15) is 0 Å². The van der Waals surface area contributed by atoms with Gasteiger partial charge in [0.2, 0.25) is 0 Å². The number of carbonyl (C=O) groups excluding carboxylic acids is 1. The van der Waals surface area contributed by atoms with E-state index in [0.29, 0.717) is 13.1 Å². The number of carbonyl (C=O) groups is 1. The van der Waals surface area contributed by atoms with E-state index >= 15 is 0 Å². The largest absolute Gasteiger partial charge is 0.437 e. The van der Waals surface area contributed by atoms with Gasteiger partial charge in [0.15, 0.2) is 5.60 Å². The van der Waals surface area contributed by atoms with Gasteiger partial charge in [0, 0.05) is 13.1 Å². The Morgan fingerprint density at radius 2 is 1.90 bits per heavy atom. The van der Waals surface area contributed by atoms with Crippen LogP contribution in [-0.2, 0) is 4.74 Å². The van der Waals surface area contributed by atoms with Crippen LogP contribution in [0, 0.1) is 0 Å². The van der Waals surface area contributed by atoms with Crippen LogP contribution in [0.2, 0.25) is 0 Å². The van der Waals surface area contributed by atoms with Crippen LogP contribution in [0.25, 0.3) is 0 Å². The number of alkyl halides is 2. The first-order chi connectivity index (χ1) is 9.03. The van der Waals surface area contributed by atoms with Crippen LogP contribution < -0.4 is 0 Å². The maximum atomic E-state index is 13.9. The quantitative estimate of drug-likeness (QED) is 0.616. The van der Waals surface area contributed by atoms with Crippen molar-refractivity contribution in [3.05, 3.63) is 12.2 Å². The van der Waals surface area contributed by atoms with E-state index in [2.05, 4.69) is 6.58 Å². The summed E-state index contributed by atoms with van der Waals surface area (Å²) >= 11 is 0. The molecule has 1 aliphatic rings. The Balaban J connectivity index is 3.03. The van der Waals surface area contributed by atoms with E-state index in [9.17, 15) is 23.8 Å². The van der Waals surface area contributed by atoms with Crippen LogP contribution in [-0.4, -0.2) is 51.6 Å². The number of ether oxygens (including phenoxy) is 1. The first kappa shape index (κ1) is 16.8. The van der Waals surface area contributed by atoms with Crippen LogP contribution in [0.3, 0.4) is 0 Å². The molecule has 0 radical (unpaired) electrons. The zero-order valence-corrected chi connectivity index (χ0v) is 11.9. The van der Waals surface area contributed by atoms with Gasteiger partial charge in [-0.2, -0.15) is 8.78 Å². The molecule has 5 nitrogen and oxygen atoms in total. The number of hydrogen-bond acceptors (Lipinski definition) is 4. The standard InChI is InChI=1S/C13H21F2NO4/c1-5-16(6-2)10(17)20-11(4)8-7-9(3)12(14,15)13(11,18)19/h18-19H,3,5-8H2,1-2,4H3. The molecule has 7 heteroatoms. The first-order valence-corrected chi connectivity index (χ1v) is 6.52. The number of aliphatic hydroxyl groups is 2. The average molecular weight is 293 g/mol. The minimum absolute atomic E-state index is 0.137. The van der Waals surface area contributed by atoms with Crippen LogP contribution in [0.1, 0.15) is 33.6 Å². The molecule has 116 valence electrons. The molecule has 1 aliphatic carbocycles. The van der Waals surface area contributed by atoms with E-state index < -0.39 is 29.0 Å². The number of amides is 1. The number of nitrogens with zero attached hydrogens (tertiary/aromatic N) is 1. The van der Waals surface area contributed by atoms with Crippen molar-refractivity contribution in [2.75, 3.05) is 13.1 Å². The molecule has 1 saturated carbocycles. The molecule has 0 saturated heterocycles. The molecule has 1 fully saturated rings. The number of rotatable bonds is 3. The maximum absolute atomic E-state index is 13.9. The van der Waals surface area contributed by atoms with Crippen molar-refractivity contribution in [3.63, 3.8) is 0 Å². The highest BCUT2D eigenvalue weighted by Gasteiger charge is 2.68. The van der Waals surface area contributed by atoms with Crippen molar-refractivity contribution in [2.24, 2.45) is 0 Å². The fourth-order valence-electron chi connectivity index (χ4n) is 2.16. The van der Waals surface area contributed by atoms with Crippen molar-refractivity contribution < 1.29 is 28.5 Å². The smallest absolute Gasteiger partial charge is 0.410 e. The summed E-state index contributed by atoms with van der Waals surface area (Å²) in [4.78, 5) is 13.1. The average Bonchev–Trinajstić information content (AvgIpc) is 2.35. The highest BCUT2D eigenvalue weighted by Crippen LogP contribution is 2.49. The summed E-state index contributed by atoms with van der Waals surface area (Å²) in [7, 11) is 0. The predicted molar refractivity (Wildman–Crippen MR) is 68.3 cm³/mol. The lowest BCUT2D eigenvalue weighted by molar-refractivity contribution is -0.360. The van der Waals surface area contributed by atoms with Gasteiger partial charge in [-0.1, -0.05) is 6.58 Å². The van der Waals surface area contributed by atoms with Crippen molar-refractivity contribution in [1.82, 2.24) is 4.90 Å². The monoisotopic (exact) mass is 293 g/mol. The molecule has 0 aliphatic heterocycles. The summed E-state index contributed by atoms with van der Waals surface area (Å²) in [6.07, 6.45) is -1.15. The number of halogens is 2. The second-order valence-corrected chi connectivity index (χ2v) is 5.12. The van der Waals surface area contributed by atoms with Gasteiger partial charge in [-0.3, -0.25) is 0 Å². The van der Waals surface area contributed by atoms with Crippen molar-refractivity contribution in [1.29, 1.82) is 0 Å². The molecule has 1 rings (SSSR count). The van der Waals surface area contributed by atoms with E-state index in [1.165, 1.54) is 4.90 Å². The molecule has 1 atom stereocenters. The lowest BCUT2D eigenvalue weighted by atomic mass is 9.75.